The third-order valence-corrected chi connectivity index (χ3v) is 8.89. The molecule has 5 atom stereocenters. The summed E-state index contributed by atoms with van der Waals surface area (Å²) in [5.74, 6) is -1.21. The number of aliphatic hydroxyl groups is 6. The van der Waals surface area contributed by atoms with Crippen LogP contribution in [0.4, 0.5) is 0 Å². The second kappa shape index (κ2) is 10.6. The molecule has 0 radical (unpaired) electrons. The highest BCUT2D eigenvalue weighted by atomic mass is 16.6. The van der Waals surface area contributed by atoms with Crippen LogP contribution in [0.3, 0.4) is 0 Å². The van der Waals surface area contributed by atoms with Crippen LogP contribution in [-0.4, -0.2) is 108 Å². The highest BCUT2D eigenvalue weighted by Gasteiger charge is 2.47. The van der Waals surface area contributed by atoms with Gasteiger partial charge in [-0.1, -0.05) is 12.1 Å². The number of benzene rings is 3. The van der Waals surface area contributed by atoms with Gasteiger partial charge in [-0.2, -0.15) is 0 Å². The molecule has 0 spiro atoms. The van der Waals surface area contributed by atoms with E-state index >= 15 is 0 Å². The Balaban J connectivity index is 1.68. The maximum atomic E-state index is 14.0. The summed E-state index contributed by atoms with van der Waals surface area (Å²) in [7, 11) is 1.34. The van der Waals surface area contributed by atoms with Gasteiger partial charge in [0.05, 0.1) is 60.6 Å². The topological polar surface area (TPSA) is 198 Å². The third-order valence-electron chi connectivity index (χ3n) is 8.89. The number of hydrogen-bond acceptors (Lipinski definition) is 10. The van der Waals surface area contributed by atoms with Gasteiger partial charge < -0.3 is 49.7 Å². The van der Waals surface area contributed by atoms with Crippen LogP contribution in [0.1, 0.15) is 38.1 Å². The van der Waals surface area contributed by atoms with Crippen LogP contribution >= 0.6 is 0 Å². The molecule has 13 nitrogen and oxygen atoms in total. The smallest absolute Gasteiger partial charge is 0.262 e. The van der Waals surface area contributed by atoms with Crippen molar-refractivity contribution in [3.8, 4) is 0 Å². The zero-order chi connectivity index (χ0) is 31.0. The number of aliphatic hydroxyl groups excluding tert-OH is 6. The minimum Gasteiger partial charge on any atom is -0.395 e. The highest BCUT2D eigenvalue weighted by Crippen LogP contribution is 2.47. The summed E-state index contributed by atoms with van der Waals surface area (Å²) in [5, 5.41) is 64.1. The van der Waals surface area contributed by atoms with E-state index in [2.05, 4.69) is 4.98 Å². The van der Waals surface area contributed by atoms with Crippen molar-refractivity contribution in [2.45, 2.75) is 43.9 Å². The minimum absolute atomic E-state index is 0.0828. The van der Waals surface area contributed by atoms with Gasteiger partial charge in [-0.3, -0.25) is 14.5 Å². The van der Waals surface area contributed by atoms with E-state index in [0.29, 0.717) is 54.7 Å². The van der Waals surface area contributed by atoms with Crippen molar-refractivity contribution in [1.29, 1.82) is 0 Å². The first-order chi connectivity index (χ1) is 21.3. The quantitative estimate of drug-likeness (QED) is 0.129. The lowest BCUT2D eigenvalue weighted by Gasteiger charge is -2.42. The Morgan fingerprint density at radius 2 is 1.55 bits per heavy atom. The molecule has 4 heterocycles. The number of rotatable bonds is 7. The van der Waals surface area contributed by atoms with Crippen molar-refractivity contribution in [3.63, 3.8) is 0 Å². The van der Waals surface area contributed by atoms with Crippen molar-refractivity contribution in [2.75, 3.05) is 26.9 Å². The summed E-state index contributed by atoms with van der Waals surface area (Å²) < 4.78 is 13.2. The van der Waals surface area contributed by atoms with Crippen LogP contribution in [0.15, 0.2) is 36.4 Å². The molecule has 230 valence electrons. The van der Waals surface area contributed by atoms with Crippen LogP contribution < -0.4 is 0 Å². The van der Waals surface area contributed by atoms with Gasteiger partial charge in [0.15, 0.2) is 6.23 Å². The lowest BCUT2D eigenvalue weighted by Crippen LogP contribution is -2.57. The Morgan fingerprint density at radius 3 is 2.18 bits per heavy atom. The fourth-order valence-corrected chi connectivity index (χ4v) is 6.91. The molecule has 0 bridgehead atoms. The molecule has 0 saturated carbocycles. The molecule has 13 heteroatoms. The Morgan fingerprint density at radius 1 is 0.886 bits per heavy atom. The van der Waals surface area contributed by atoms with Gasteiger partial charge in [-0.15, -0.1) is 0 Å². The number of amides is 2. The summed E-state index contributed by atoms with van der Waals surface area (Å²) in [4.78, 5) is 32.3. The first kappa shape index (κ1) is 28.8. The molecule has 44 heavy (non-hydrogen) atoms. The number of fused-ring (bicyclic) bond motifs is 10. The number of nitrogens with zero attached hydrogens (tertiary/aromatic N) is 2. The van der Waals surface area contributed by atoms with Gasteiger partial charge in [-0.25, -0.2) is 0 Å². The second-order valence-electron chi connectivity index (χ2n) is 11.2. The second-order valence-corrected chi connectivity index (χ2v) is 11.2. The van der Waals surface area contributed by atoms with Crippen molar-refractivity contribution in [1.82, 2.24) is 14.5 Å². The molecule has 0 aliphatic carbocycles. The number of methoxy groups -OCH3 is 1. The van der Waals surface area contributed by atoms with Crippen molar-refractivity contribution in [2.24, 2.45) is 0 Å². The van der Waals surface area contributed by atoms with Crippen molar-refractivity contribution in [3.05, 3.63) is 58.7 Å². The van der Waals surface area contributed by atoms with E-state index in [1.807, 2.05) is 0 Å². The summed E-state index contributed by atoms with van der Waals surface area (Å²) in [5.41, 5.74) is 3.19. The Hall–Kier alpha value is -3.92. The number of hydrogen-bond donors (Lipinski definition) is 7. The number of β-amino-alcohol motifs (C(OH)–C–C–N with tert-alkyl or cyclic N) is 1. The van der Waals surface area contributed by atoms with E-state index in [-0.39, 0.29) is 30.9 Å². The van der Waals surface area contributed by atoms with Crippen molar-refractivity contribution < 1.29 is 49.7 Å². The van der Waals surface area contributed by atoms with Crippen LogP contribution in [0.5, 0.6) is 0 Å². The zero-order valence-corrected chi connectivity index (χ0v) is 23.6. The molecule has 1 fully saturated rings. The molecule has 2 aliphatic heterocycles. The van der Waals surface area contributed by atoms with Crippen LogP contribution in [0.2, 0.25) is 0 Å². The maximum absolute atomic E-state index is 14.0. The summed E-state index contributed by atoms with van der Waals surface area (Å²) >= 11 is 0. The Kier molecular flexibility index (Phi) is 6.95. The van der Waals surface area contributed by atoms with Gasteiger partial charge >= 0.3 is 0 Å². The molecule has 2 amide bonds. The Bertz CT molecular complexity index is 1980. The summed E-state index contributed by atoms with van der Waals surface area (Å²) in [6, 6.07) is 10.3. The number of nitrogens with one attached hydrogen (secondary N) is 1. The number of aromatic amines is 1. The first-order valence-corrected chi connectivity index (χ1v) is 14.2. The predicted molar refractivity (Wildman–Crippen MR) is 157 cm³/mol. The van der Waals surface area contributed by atoms with Gasteiger partial charge in [-0.05, 0) is 35.4 Å². The van der Waals surface area contributed by atoms with E-state index < -0.39 is 55.7 Å². The van der Waals surface area contributed by atoms with Gasteiger partial charge in [0.25, 0.3) is 11.8 Å². The summed E-state index contributed by atoms with van der Waals surface area (Å²) in [6.07, 6.45) is -6.33. The molecule has 3 aromatic carbocycles. The number of imide groups is 1. The van der Waals surface area contributed by atoms with E-state index in [4.69, 9.17) is 9.47 Å². The lowest BCUT2D eigenvalue weighted by molar-refractivity contribution is -0.255. The molecule has 0 unspecified atom stereocenters. The van der Waals surface area contributed by atoms with Gasteiger partial charge in [0.2, 0.25) is 0 Å². The lowest BCUT2D eigenvalue weighted by atomic mass is 9.95. The van der Waals surface area contributed by atoms with Crippen LogP contribution in [-0.2, 0) is 22.7 Å². The van der Waals surface area contributed by atoms with Crippen LogP contribution in [0, 0.1) is 0 Å². The minimum atomic E-state index is -1.55. The normalized spacial score (nSPS) is 24.1. The molecule has 2 aliphatic rings. The molecule has 2 aromatic heterocycles. The third kappa shape index (κ3) is 3.82. The Labute approximate surface area is 249 Å². The molecule has 5 aromatic rings. The van der Waals surface area contributed by atoms with E-state index in [1.54, 1.807) is 41.0 Å². The molecular formula is C31H31N3O10. The fourth-order valence-electron chi connectivity index (χ4n) is 6.91. The predicted octanol–water partition coefficient (Wildman–Crippen LogP) is 0.628. The molecule has 7 rings (SSSR count). The molecule has 7 N–H and O–H groups in total. The molecule has 1 saturated heterocycles. The van der Waals surface area contributed by atoms with E-state index in [9.17, 15) is 40.2 Å². The molecular weight excluding hydrogens is 574 g/mol. The number of carbonyl (C=O) groups excluding carboxylic acids is 2. The number of ether oxygens (including phenoxy) is 2. The fraction of sp³-hybridized carbons (Fsp3) is 0.355. The van der Waals surface area contributed by atoms with Gasteiger partial charge in [0.1, 0.15) is 24.4 Å². The monoisotopic (exact) mass is 605 g/mol. The maximum Gasteiger partial charge on any atom is 0.262 e. The first-order valence-electron chi connectivity index (χ1n) is 14.2. The largest absolute Gasteiger partial charge is 0.395 e. The summed E-state index contributed by atoms with van der Waals surface area (Å²) in [6.45, 7) is -1.76. The number of aromatic nitrogens is 2. The number of carbonyl (C=O) groups is 2. The average Bonchev–Trinajstić information content (AvgIpc) is 3.65. The average molecular weight is 606 g/mol. The zero-order valence-electron chi connectivity index (χ0n) is 23.6. The van der Waals surface area contributed by atoms with Crippen molar-refractivity contribution >= 4 is 55.4 Å². The van der Waals surface area contributed by atoms with E-state index in [0.717, 1.165) is 4.90 Å². The highest BCUT2D eigenvalue weighted by molar-refractivity contribution is 6.39. The standard InChI is InChI=1S/C31H31N3O10/c1-43-28-19(12-38)44-31(27(40)26(28)39)34-18-5-3-14(11-37)9-16(18)21-23-22(29(41)33(6-7-35)30(23)42)20-15-8-13(10-36)2-4-17(15)32-24(20)25(21)34/h2-5,8-9,19,26-28,31-32,35-40H,6-7,10-12H2,1H3/t19-,26-,27-,28-,31-/m1/s1. The van der Waals surface area contributed by atoms with Crippen LogP contribution in [0.25, 0.3) is 43.6 Å². The number of H-pyrrole nitrogens is 1. The van der Waals surface area contributed by atoms with Gasteiger partial charge in [0, 0.05) is 34.2 Å². The van der Waals surface area contributed by atoms with E-state index in [1.165, 1.54) is 7.11 Å². The SMILES string of the molecule is CO[C@H]1[C@H](O)[C@@H](O)[C@H](n2c3ccc(CO)cc3c3c4c(c5c6cc(CO)ccc6[nH]c5c32)C(=O)N(CCO)C4=O)O[C@@H]1CO.